The van der Waals surface area contributed by atoms with Gasteiger partial charge in [-0.25, -0.2) is 13.2 Å². The van der Waals surface area contributed by atoms with Crippen LogP contribution in [0.5, 0.6) is 0 Å². The van der Waals surface area contributed by atoms with Gasteiger partial charge in [0.05, 0.1) is 11.5 Å². The minimum atomic E-state index is -3.15. The number of urea groups is 1. The number of likely N-dealkylation sites (tertiary alicyclic amines) is 1. The minimum absolute atomic E-state index is 0.0288. The lowest BCUT2D eigenvalue weighted by Crippen LogP contribution is -2.51. The van der Waals surface area contributed by atoms with E-state index in [9.17, 15) is 18.0 Å². The maximum absolute atomic E-state index is 12.6. The van der Waals surface area contributed by atoms with E-state index in [2.05, 4.69) is 0 Å². The molecule has 120 valence electrons. The summed E-state index contributed by atoms with van der Waals surface area (Å²) in [5.41, 5.74) is 0. The first-order valence-corrected chi connectivity index (χ1v) is 9.19. The van der Waals surface area contributed by atoms with Crippen LogP contribution in [0.2, 0.25) is 0 Å². The topological polar surface area (TPSA) is 95.0 Å². The van der Waals surface area contributed by atoms with Gasteiger partial charge in [-0.05, 0) is 19.3 Å². The standard InChI is InChI=1S/C13H22N2O5S/c16-12(17)9-15(11-5-8-21(19,20)10-11)13(18)14-6-3-1-2-4-7-14/h11H,1-10H2,(H,16,17). The van der Waals surface area contributed by atoms with Crippen molar-refractivity contribution in [3.05, 3.63) is 0 Å². The van der Waals surface area contributed by atoms with Gasteiger partial charge in [-0.1, -0.05) is 12.8 Å². The molecule has 2 heterocycles. The van der Waals surface area contributed by atoms with Crippen LogP contribution in [0.3, 0.4) is 0 Å². The molecule has 1 unspecified atom stereocenters. The molecule has 0 saturated carbocycles. The fraction of sp³-hybridized carbons (Fsp3) is 0.846. The normalized spacial score (nSPS) is 25.3. The lowest BCUT2D eigenvalue weighted by atomic mass is 10.2. The van der Waals surface area contributed by atoms with E-state index in [1.54, 1.807) is 4.90 Å². The van der Waals surface area contributed by atoms with Crippen LogP contribution in [0.25, 0.3) is 0 Å². The van der Waals surface area contributed by atoms with E-state index >= 15 is 0 Å². The van der Waals surface area contributed by atoms with Crippen LogP contribution >= 0.6 is 0 Å². The predicted octanol–water partition coefficient (Wildman–Crippen LogP) is 0.556. The highest BCUT2D eigenvalue weighted by molar-refractivity contribution is 7.91. The monoisotopic (exact) mass is 318 g/mol. The summed E-state index contributed by atoms with van der Waals surface area (Å²) in [4.78, 5) is 26.5. The maximum Gasteiger partial charge on any atom is 0.323 e. The lowest BCUT2D eigenvalue weighted by molar-refractivity contribution is -0.138. The highest BCUT2D eigenvalue weighted by Crippen LogP contribution is 2.20. The van der Waals surface area contributed by atoms with Crippen molar-refractivity contribution < 1.29 is 23.1 Å². The molecule has 2 aliphatic rings. The third-order valence-electron chi connectivity index (χ3n) is 4.08. The fourth-order valence-corrected chi connectivity index (χ4v) is 4.69. The molecule has 1 atom stereocenters. The molecular formula is C13H22N2O5S. The zero-order chi connectivity index (χ0) is 15.5. The van der Waals surface area contributed by atoms with Crippen molar-refractivity contribution in [1.29, 1.82) is 0 Å². The van der Waals surface area contributed by atoms with Crippen LogP contribution in [0.1, 0.15) is 32.1 Å². The Hall–Kier alpha value is -1.31. The Morgan fingerprint density at radius 1 is 1.14 bits per heavy atom. The smallest absolute Gasteiger partial charge is 0.323 e. The number of hydrogen-bond acceptors (Lipinski definition) is 4. The molecule has 0 aliphatic carbocycles. The van der Waals surface area contributed by atoms with E-state index in [0.717, 1.165) is 25.7 Å². The Morgan fingerprint density at radius 2 is 1.76 bits per heavy atom. The average Bonchev–Trinajstić information content (AvgIpc) is 2.64. The van der Waals surface area contributed by atoms with Crippen LogP contribution in [-0.2, 0) is 14.6 Å². The van der Waals surface area contributed by atoms with Crippen LogP contribution in [0, 0.1) is 0 Å². The quantitative estimate of drug-likeness (QED) is 0.820. The molecule has 2 aliphatic heterocycles. The Bertz CT molecular complexity index is 497. The summed E-state index contributed by atoms with van der Waals surface area (Å²) < 4.78 is 23.2. The molecule has 1 N–H and O–H groups in total. The van der Waals surface area contributed by atoms with E-state index in [-0.39, 0.29) is 17.5 Å². The van der Waals surface area contributed by atoms with E-state index in [1.807, 2.05) is 0 Å². The molecule has 2 fully saturated rings. The predicted molar refractivity (Wildman–Crippen MR) is 76.8 cm³/mol. The molecule has 0 aromatic heterocycles. The van der Waals surface area contributed by atoms with Crippen LogP contribution in [0.15, 0.2) is 0 Å². The number of nitrogens with zero attached hydrogens (tertiary/aromatic N) is 2. The van der Waals surface area contributed by atoms with Gasteiger partial charge in [-0.2, -0.15) is 0 Å². The number of carbonyl (C=O) groups is 2. The Morgan fingerprint density at radius 3 is 2.24 bits per heavy atom. The van der Waals surface area contributed by atoms with Gasteiger partial charge in [0, 0.05) is 19.1 Å². The number of rotatable bonds is 3. The molecule has 2 saturated heterocycles. The van der Waals surface area contributed by atoms with Crippen molar-refractivity contribution >= 4 is 21.8 Å². The minimum Gasteiger partial charge on any atom is -0.480 e. The molecule has 7 nitrogen and oxygen atoms in total. The first-order valence-electron chi connectivity index (χ1n) is 7.37. The number of hydrogen-bond donors (Lipinski definition) is 1. The van der Waals surface area contributed by atoms with E-state index < -0.39 is 28.4 Å². The summed E-state index contributed by atoms with van der Waals surface area (Å²) in [7, 11) is -3.15. The molecule has 0 aromatic carbocycles. The number of aliphatic carboxylic acids is 1. The van der Waals surface area contributed by atoms with Crippen molar-refractivity contribution in [2.24, 2.45) is 0 Å². The Kier molecular flexibility index (Phi) is 5.08. The first kappa shape index (κ1) is 16.1. The zero-order valence-corrected chi connectivity index (χ0v) is 12.8. The van der Waals surface area contributed by atoms with Crippen molar-refractivity contribution in [3.8, 4) is 0 Å². The molecule has 2 rings (SSSR count). The summed E-state index contributed by atoms with van der Waals surface area (Å²) in [6, 6.07) is -0.844. The van der Waals surface area contributed by atoms with E-state index in [1.165, 1.54) is 4.90 Å². The second-order valence-corrected chi connectivity index (χ2v) is 7.99. The third-order valence-corrected chi connectivity index (χ3v) is 5.83. The van der Waals surface area contributed by atoms with Gasteiger partial charge >= 0.3 is 12.0 Å². The van der Waals surface area contributed by atoms with Gasteiger partial charge in [0.1, 0.15) is 6.54 Å². The highest BCUT2D eigenvalue weighted by atomic mass is 32.2. The summed E-state index contributed by atoms with van der Waals surface area (Å²) in [5, 5.41) is 9.02. The van der Waals surface area contributed by atoms with E-state index in [0.29, 0.717) is 19.5 Å². The molecule has 0 spiro atoms. The lowest BCUT2D eigenvalue weighted by Gasteiger charge is -2.32. The van der Waals surface area contributed by atoms with Gasteiger partial charge < -0.3 is 14.9 Å². The van der Waals surface area contributed by atoms with Crippen LogP contribution in [-0.4, -0.2) is 72.5 Å². The molecule has 21 heavy (non-hydrogen) atoms. The van der Waals surface area contributed by atoms with Gasteiger partial charge in [-0.15, -0.1) is 0 Å². The highest BCUT2D eigenvalue weighted by Gasteiger charge is 2.37. The largest absolute Gasteiger partial charge is 0.480 e. The number of amides is 2. The number of carbonyl (C=O) groups excluding carboxylic acids is 1. The van der Waals surface area contributed by atoms with Crippen molar-refractivity contribution in [3.63, 3.8) is 0 Å². The zero-order valence-electron chi connectivity index (χ0n) is 12.0. The van der Waals surface area contributed by atoms with Gasteiger partial charge in [-0.3, -0.25) is 4.79 Å². The molecule has 0 aromatic rings. The van der Waals surface area contributed by atoms with Gasteiger partial charge in [0.2, 0.25) is 0 Å². The van der Waals surface area contributed by atoms with Gasteiger partial charge in [0.15, 0.2) is 9.84 Å². The fourth-order valence-electron chi connectivity index (χ4n) is 2.96. The maximum atomic E-state index is 12.6. The van der Waals surface area contributed by atoms with Crippen molar-refractivity contribution in [2.45, 2.75) is 38.1 Å². The summed E-state index contributed by atoms with van der Waals surface area (Å²) >= 11 is 0. The van der Waals surface area contributed by atoms with Crippen molar-refractivity contribution in [1.82, 2.24) is 9.80 Å². The molecule has 0 bridgehead atoms. The second-order valence-electron chi connectivity index (χ2n) is 5.76. The molecule has 2 amide bonds. The molecule has 8 heteroatoms. The summed E-state index contributed by atoms with van der Waals surface area (Å²) in [6.07, 6.45) is 4.29. The van der Waals surface area contributed by atoms with Crippen LogP contribution in [0.4, 0.5) is 4.79 Å². The third kappa shape index (κ3) is 4.33. The number of carboxylic acid groups (broad SMARTS) is 1. The summed E-state index contributed by atoms with van der Waals surface area (Å²) in [6.45, 7) is 0.804. The first-order chi connectivity index (χ1) is 9.89. The molecular weight excluding hydrogens is 296 g/mol. The van der Waals surface area contributed by atoms with Gasteiger partial charge in [0.25, 0.3) is 0 Å². The van der Waals surface area contributed by atoms with E-state index in [4.69, 9.17) is 5.11 Å². The number of carboxylic acids is 1. The Balaban J connectivity index is 2.11. The average molecular weight is 318 g/mol. The second kappa shape index (κ2) is 6.64. The molecule has 0 radical (unpaired) electrons. The van der Waals surface area contributed by atoms with Crippen molar-refractivity contribution in [2.75, 3.05) is 31.1 Å². The summed E-state index contributed by atoms with van der Waals surface area (Å²) in [5.74, 6) is -1.21. The SMILES string of the molecule is O=C(O)CN(C(=O)N1CCCCCC1)C1CCS(=O)(=O)C1. The Labute approximate surface area is 124 Å². The number of sulfone groups is 1. The van der Waals surface area contributed by atoms with Crippen LogP contribution < -0.4 is 0 Å².